The van der Waals surface area contributed by atoms with Gasteiger partial charge in [0.25, 0.3) is 11.8 Å². The lowest BCUT2D eigenvalue weighted by molar-refractivity contribution is 0.0953. The third-order valence-electron chi connectivity index (χ3n) is 3.39. The second-order valence-corrected chi connectivity index (χ2v) is 5.26. The zero-order chi connectivity index (χ0) is 18.4. The van der Waals surface area contributed by atoms with E-state index in [0.717, 1.165) is 0 Å². The number of anilines is 1. The van der Waals surface area contributed by atoms with Gasteiger partial charge in [-0.25, -0.2) is 9.82 Å². The van der Waals surface area contributed by atoms with Crippen LogP contribution >= 0.6 is 0 Å². The smallest absolute Gasteiger partial charge is 0.271 e. The number of carbonyl (C=O) groups is 2. The molecule has 0 bridgehead atoms. The van der Waals surface area contributed by atoms with Crippen molar-refractivity contribution in [3.05, 3.63) is 89.6 Å². The van der Waals surface area contributed by atoms with Crippen LogP contribution in [0.5, 0.6) is 0 Å². The molecule has 0 saturated carbocycles. The van der Waals surface area contributed by atoms with Crippen molar-refractivity contribution in [2.45, 2.75) is 0 Å². The quantitative estimate of drug-likeness (QED) is 0.546. The van der Waals surface area contributed by atoms with Crippen molar-refractivity contribution in [3.8, 4) is 0 Å². The first-order chi connectivity index (χ1) is 12.6. The van der Waals surface area contributed by atoms with Crippen molar-refractivity contribution < 1.29 is 18.4 Å². The Balaban J connectivity index is 1.64. The number of rotatable bonds is 5. The van der Waals surface area contributed by atoms with Gasteiger partial charge in [-0.05, 0) is 54.6 Å². The van der Waals surface area contributed by atoms with Crippen LogP contribution in [0.1, 0.15) is 26.5 Å². The van der Waals surface area contributed by atoms with E-state index in [2.05, 4.69) is 15.8 Å². The topological polar surface area (TPSA) is 83.7 Å². The van der Waals surface area contributed by atoms with Crippen LogP contribution in [0.15, 0.2) is 76.4 Å². The molecular formula is C19H14FN3O3. The molecule has 7 heteroatoms. The molecule has 0 saturated heterocycles. The first-order valence-electron chi connectivity index (χ1n) is 7.66. The van der Waals surface area contributed by atoms with Crippen LogP contribution in [-0.2, 0) is 0 Å². The molecule has 0 radical (unpaired) electrons. The highest BCUT2D eigenvalue weighted by Gasteiger charge is 2.09. The van der Waals surface area contributed by atoms with Crippen LogP contribution in [0.2, 0.25) is 0 Å². The van der Waals surface area contributed by atoms with Gasteiger partial charge in [-0.1, -0.05) is 6.07 Å². The van der Waals surface area contributed by atoms with E-state index in [1.165, 1.54) is 42.8 Å². The first kappa shape index (κ1) is 17.1. The zero-order valence-electron chi connectivity index (χ0n) is 13.5. The Morgan fingerprint density at radius 2 is 1.77 bits per heavy atom. The minimum Gasteiger partial charge on any atom is -0.463 e. The number of furan rings is 1. The highest BCUT2D eigenvalue weighted by atomic mass is 19.1. The minimum atomic E-state index is -0.439. The molecule has 0 atom stereocenters. The van der Waals surface area contributed by atoms with E-state index in [9.17, 15) is 14.0 Å². The Labute approximate surface area is 148 Å². The average Bonchev–Trinajstić information content (AvgIpc) is 3.16. The molecule has 0 spiro atoms. The van der Waals surface area contributed by atoms with Crippen molar-refractivity contribution in [3.63, 3.8) is 0 Å². The lowest BCUT2D eigenvalue weighted by Gasteiger charge is -2.07. The van der Waals surface area contributed by atoms with E-state index in [4.69, 9.17) is 4.42 Å². The predicted molar refractivity (Wildman–Crippen MR) is 94.6 cm³/mol. The molecule has 2 amide bonds. The lowest BCUT2D eigenvalue weighted by Crippen LogP contribution is -2.18. The van der Waals surface area contributed by atoms with Gasteiger partial charge in [0.05, 0.1) is 12.5 Å². The number of hydrazone groups is 1. The Bertz CT molecular complexity index is 935. The Kier molecular flexibility index (Phi) is 5.19. The number of nitrogens with one attached hydrogen (secondary N) is 2. The van der Waals surface area contributed by atoms with E-state index in [1.807, 2.05) is 0 Å². The van der Waals surface area contributed by atoms with Gasteiger partial charge >= 0.3 is 0 Å². The van der Waals surface area contributed by atoms with Crippen molar-refractivity contribution in [2.75, 3.05) is 5.32 Å². The lowest BCUT2D eigenvalue weighted by atomic mass is 10.1. The van der Waals surface area contributed by atoms with Crippen molar-refractivity contribution in [1.82, 2.24) is 5.43 Å². The van der Waals surface area contributed by atoms with Gasteiger partial charge in [0, 0.05) is 16.8 Å². The van der Waals surface area contributed by atoms with E-state index >= 15 is 0 Å². The van der Waals surface area contributed by atoms with Crippen LogP contribution in [0.3, 0.4) is 0 Å². The van der Waals surface area contributed by atoms with E-state index in [0.29, 0.717) is 22.6 Å². The van der Waals surface area contributed by atoms with Crippen LogP contribution in [0.25, 0.3) is 0 Å². The number of nitrogens with zero attached hydrogens (tertiary/aromatic N) is 1. The van der Waals surface area contributed by atoms with Gasteiger partial charge in [-0.2, -0.15) is 5.10 Å². The highest BCUT2D eigenvalue weighted by Crippen LogP contribution is 2.13. The largest absolute Gasteiger partial charge is 0.463 e. The minimum absolute atomic E-state index is 0.310. The average molecular weight is 351 g/mol. The third kappa shape index (κ3) is 4.41. The van der Waals surface area contributed by atoms with Gasteiger partial charge in [-0.3, -0.25) is 9.59 Å². The summed E-state index contributed by atoms with van der Waals surface area (Å²) >= 11 is 0. The first-order valence-corrected chi connectivity index (χ1v) is 7.66. The summed E-state index contributed by atoms with van der Waals surface area (Å²) in [7, 11) is 0. The second kappa shape index (κ2) is 7.89. The van der Waals surface area contributed by atoms with Gasteiger partial charge < -0.3 is 9.73 Å². The Morgan fingerprint density at radius 1 is 0.962 bits per heavy atom. The number of hydrogen-bond donors (Lipinski definition) is 2. The van der Waals surface area contributed by atoms with Crippen molar-refractivity contribution in [2.24, 2.45) is 5.10 Å². The fourth-order valence-corrected chi connectivity index (χ4v) is 2.13. The molecule has 26 heavy (non-hydrogen) atoms. The van der Waals surface area contributed by atoms with Gasteiger partial charge in [0.15, 0.2) is 0 Å². The molecule has 3 aromatic rings. The maximum atomic E-state index is 12.9. The van der Waals surface area contributed by atoms with Crippen LogP contribution in [0, 0.1) is 5.82 Å². The van der Waals surface area contributed by atoms with Gasteiger partial charge in [0.1, 0.15) is 11.6 Å². The van der Waals surface area contributed by atoms with Crippen LogP contribution in [-0.4, -0.2) is 18.0 Å². The molecule has 2 aromatic carbocycles. The van der Waals surface area contributed by atoms with Crippen molar-refractivity contribution >= 4 is 23.7 Å². The molecule has 6 nitrogen and oxygen atoms in total. The van der Waals surface area contributed by atoms with Crippen molar-refractivity contribution in [1.29, 1.82) is 0 Å². The number of halogens is 1. The third-order valence-corrected chi connectivity index (χ3v) is 3.39. The highest BCUT2D eigenvalue weighted by molar-refractivity contribution is 6.05. The second-order valence-electron chi connectivity index (χ2n) is 5.26. The Morgan fingerprint density at radius 3 is 2.50 bits per heavy atom. The normalized spacial score (nSPS) is 10.7. The number of hydrogen-bond acceptors (Lipinski definition) is 4. The number of amides is 2. The summed E-state index contributed by atoms with van der Waals surface area (Å²) in [5.74, 6) is -0.759. The molecule has 0 aliphatic heterocycles. The molecule has 0 unspecified atom stereocenters. The summed E-state index contributed by atoms with van der Waals surface area (Å²) in [6.07, 6.45) is 2.87. The SMILES string of the molecule is O=C(NN=Cc1ccco1)c1cccc(NC(=O)c2ccc(F)cc2)c1. The summed E-state index contributed by atoms with van der Waals surface area (Å²) in [6, 6.07) is 14.9. The van der Waals surface area contributed by atoms with E-state index in [1.54, 1.807) is 30.3 Å². The molecule has 3 rings (SSSR count). The molecule has 130 valence electrons. The monoisotopic (exact) mass is 351 g/mol. The maximum absolute atomic E-state index is 12.9. The Hall–Kier alpha value is -3.74. The molecule has 2 N–H and O–H groups in total. The predicted octanol–water partition coefficient (Wildman–Crippen LogP) is 3.43. The summed E-state index contributed by atoms with van der Waals surface area (Å²) in [6.45, 7) is 0. The number of carbonyl (C=O) groups excluding carboxylic acids is 2. The molecule has 0 aliphatic rings. The fraction of sp³-hybridized carbons (Fsp3) is 0. The fourth-order valence-electron chi connectivity index (χ4n) is 2.13. The molecular weight excluding hydrogens is 337 g/mol. The summed E-state index contributed by atoms with van der Waals surface area (Å²) < 4.78 is 18.0. The molecule has 1 aromatic heterocycles. The molecule has 0 fully saturated rings. The standard InChI is InChI=1S/C19H14FN3O3/c20-15-8-6-13(7-9-15)18(24)22-16-4-1-3-14(11-16)19(25)23-21-12-17-5-2-10-26-17/h1-12H,(H,22,24)(H,23,25). The van der Waals surface area contributed by atoms with Crippen LogP contribution in [0.4, 0.5) is 10.1 Å². The van der Waals surface area contributed by atoms with Gasteiger partial charge in [0.2, 0.25) is 0 Å². The maximum Gasteiger partial charge on any atom is 0.271 e. The van der Waals surface area contributed by atoms with Gasteiger partial charge in [-0.15, -0.1) is 0 Å². The summed E-state index contributed by atoms with van der Waals surface area (Å²) in [5, 5.41) is 6.45. The summed E-state index contributed by atoms with van der Waals surface area (Å²) in [5.41, 5.74) is 3.43. The molecule has 0 aliphatic carbocycles. The zero-order valence-corrected chi connectivity index (χ0v) is 13.5. The van der Waals surface area contributed by atoms with Crippen LogP contribution < -0.4 is 10.7 Å². The molecule has 1 heterocycles. The number of benzene rings is 2. The van der Waals surface area contributed by atoms with E-state index < -0.39 is 17.6 Å². The van der Waals surface area contributed by atoms with E-state index in [-0.39, 0.29) is 0 Å². The summed E-state index contributed by atoms with van der Waals surface area (Å²) in [4.78, 5) is 24.3.